The minimum Gasteiger partial charge on any atom is -0.397 e. The Balaban J connectivity index is 1.66. The Morgan fingerprint density at radius 2 is 1.31 bits per heavy atom. The Hall–Kier alpha value is -4.12. The van der Waals surface area contributed by atoms with Crippen molar-refractivity contribution in [2.24, 2.45) is 10.2 Å². The van der Waals surface area contributed by atoms with Crippen LogP contribution >= 0.6 is 0 Å². The van der Waals surface area contributed by atoms with Gasteiger partial charge in [-0.2, -0.15) is 0 Å². The van der Waals surface area contributed by atoms with E-state index in [1.807, 2.05) is 30.3 Å². The van der Waals surface area contributed by atoms with Gasteiger partial charge in [-0.1, -0.05) is 66.7 Å². The number of rotatable bonds is 2. The maximum absolute atomic E-state index is 13.1. The van der Waals surface area contributed by atoms with Gasteiger partial charge in [-0.05, 0) is 17.5 Å². The van der Waals surface area contributed by atoms with Crippen molar-refractivity contribution in [2.75, 3.05) is 5.73 Å². The first kappa shape index (κ1) is 17.0. The molecule has 0 saturated carbocycles. The van der Waals surface area contributed by atoms with Crippen molar-refractivity contribution in [2.45, 2.75) is 0 Å². The third-order valence-electron chi connectivity index (χ3n) is 5.12. The molecule has 0 bridgehead atoms. The molecule has 0 saturated heterocycles. The van der Waals surface area contributed by atoms with Crippen LogP contribution in [0.1, 0.15) is 31.8 Å². The lowest BCUT2D eigenvalue weighted by Gasteiger charge is -2.18. The molecule has 5 nitrogen and oxygen atoms in total. The molecule has 29 heavy (non-hydrogen) atoms. The van der Waals surface area contributed by atoms with E-state index >= 15 is 0 Å². The van der Waals surface area contributed by atoms with Crippen molar-refractivity contribution in [3.05, 3.63) is 101 Å². The van der Waals surface area contributed by atoms with Gasteiger partial charge in [0.1, 0.15) is 5.69 Å². The molecule has 4 aromatic carbocycles. The SMILES string of the molecule is Nc1ccc2ccccc2c1N=Nc1cccc2c1C(=O)c1ccccc1C2=O. The molecule has 0 spiro atoms. The summed E-state index contributed by atoms with van der Waals surface area (Å²) >= 11 is 0. The van der Waals surface area contributed by atoms with Crippen molar-refractivity contribution in [3.63, 3.8) is 0 Å². The standard InChI is InChI=1S/C24H15N3O2/c25-19-13-12-14-6-1-2-7-15(14)22(19)27-26-20-11-5-10-18-21(20)24(29)17-9-4-3-8-16(17)23(18)28/h1-13H,25H2. The molecule has 0 unspecified atom stereocenters. The van der Waals surface area contributed by atoms with E-state index in [-0.39, 0.29) is 17.1 Å². The first-order valence-corrected chi connectivity index (χ1v) is 9.15. The van der Waals surface area contributed by atoms with Crippen molar-refractivity contribution in [1.82, 2.24) is 0 Å². The fourth-order valence-electron chi connectivity index (χ4n) is 3.70. The van der Waals surface area contributed by atoms with E-state index in [0.29, 0.717) is 33.8 Å². The summed E-state index contributed by atoms with van der Waals surface area (Å²) in [7, 11) is 0. The molecule has 0 amide bonds. The summed E-state index contributed by atoms with van der Waals surface area (Å²) in [5.74, 6) is -0.410. The zero-order valence-electron chi connectivity index (χ0n) is 15.3. The molecule has 0 radical (unpaired) electrons. The predicted molar refractivity (Wildman–Crippen MR) is 112 cm³/mol. The Morgan fingerprint density at radius 1 is 0.621 bits per heavy atom. The lowest BCUT2D eigenvalue weighted by molar-refractivity contribution is 0.0979. The second-order valence-corrected chi connectivity index (χ2v) is 6.83. The predicted octanol–water partition coefficient (Wildman–Crippen LogP) is 5.61. The van der Waals surface area contributed by atoms with Crippen LogP contribution in [0.15, 0.2) is 89.1 Å². The summed E-state index contributed by atoms with van der Waals surface area (Å²) in [5, 5.41) is 10.6. The fourth-order valence-corrected chi connectivity index (χ4v) is 3.70. The number of carbonyl (C=O) groups is 2. The quantitative estimate of drug-likeness (QED) is 0.320. The van der Waals surface area contributed by atoms with Crippen LogP contribution in [0.3, 0.4) is 0 Å². The summed E-state index contributed by atoms with van der Waals surface area (Å²) in [6, 6.07) is 23.3. The first-order valence-electron chi connectivity index (χ1n) is 9.15. The van der Waals surface area contributed by atoms with E-state index < -0.39 is 0 Å². The van der Waals surface area contributed by atoms with E-state index in [2.05, 4.69) is 10.2 Å². The molecule has 4 aromatic rings. The molecule has 5 rings (SSSR count). The smallest absolute Gasteiger partial charge is 0.196 e. The van der Waals surface area contributed by atoms with E-state index in [1.165, 1.54) is 0 Å². The number of carbonyl (C=O) groups excluding carboxylic acids is 2. The van der Waals surface area contributed by atoms with Gasteiger partial charge in [0.05, 0.1) is 16.9 Å². The topological polar surface area (TPSA) is 84.9 Å². The highest BCUT2D eigenvalue weighted by atomic mass is 16.1. The number of hydrogen-bond donors (Lipinski definition) is 1. The van der Waals surface area contributed by atoms with Gasteiger partial charge in [0, 0.05) is 22.1 Å². The van der Waals surface area contributed by atoms with E-state index in [0.717, 1.165) is 10.8 Å². The minimum atomic E-state index is -0.226. The largest absolute Gasteiger partial charge is 0.397 e. The second-order valence-electron chi connectivity index (χ2n) is 6.83. The highest BCUT2D eigenvalue weighted by molar-refractivity contribution is 6.29. The summed E-state index contributed by atoms with van der Waals surface area (Å²) < 4.78 is 0. The summed E-state index contributed by atoms with van der Waals surface area (Å²) in [6.07, 6.45) is 0. The molecule has 1 aliphatic carbocycles. The van der Waals surface area contributed by atoms with E-state index in [4.69, 9.17) is 5.73 Å². The van der Waals surface area contributed by atoms with E-state index in [1.54, 1.807) is 48.5 Å². The van der Waals surface area contributed by atoms with Gasteiger partial charge >= 0.3 is 0 Å². The zero-order chi connectivity index (χ0) is 20.0. The van der Waals surface area contributed by atoms with Crippen molar-refractivity contribution >= 4 is 39.4 Å². The van der Waals surface area contributed by atoms with Gasteiger partial charge < -0.3 is 5.73 Å². The molecule has 138 valence electrons. The average Bonchev–Trinajstić information content (AvgIpc) is 2.76. The number of fused-ring (bicyclic) bond motifs is 3. The Bertz CT molecular complexity index is 1360. The number of ketones is 2. The Morgan fingerprint density at radius 3 is 2.14 bits per heavy atom. The molecule has 0 heterocycles. The number of nitrogen functional groups attached to an aromatic ring is 1. The van der Waals surface area contributed by atoms with Crippen LogP contribution in [-0.2, 0) is 0 Å². The monoisotopic (exact) mass is 377 g/mol. The number of azo groups is 1. The number of nitrogens with zero attached hydrogens (tertiary/aromatic N) is 2. The molecule has 0 fully saturated rings. The summed E-state index contributed by atoms with van der Waals surface area (Å²) in [4.78, 5) is 26.0. The third-order valence-corrected chi connectivity index (χ3v) is 5.12. The first-order chi connectivity index (χ1) is 14.1. The van der Waals surface area contributed by atoms with Gasteiger partial charge in [0.15, 0.2) is 11.6 Å². The zero-order valence-corrected chi connectivity index (χ0v) is 15.3. The van der Waals surface area contributed by atoms with Crippen LogP contribution < -0.4 is 5.73 Å². The normalized spacial score (nSPS) is 13.0. The summed E-state index contributed by atoms with van der Waals surface area (Å²) in [6.45, 7) is 0. The highest BCUT2D eigenvalue weighted by Gasteiger charge is 2.31. The fraction of sp³-hybridized carbons (Fsp3) is 0. The Labute approximate surface area is 166 Å². The van der Waals surface area contributed by atoms with Crippen molar-refractivity contribution < 1.29 is 9.59 Å². The van der Waals surface area contributed by atoms with Crippen molar-refractivity contribution in [3.8, 4) is 0 Å². The number of hydrogen-bond acceptors (Lipinski definition) is 5. The van der Waals surface area contributed by atoms with Gasteiger partial charge in [0.25, 0.3) is 0 Å². The van der Waals surface area contributed by atoms with Crippen LogP contribution in [0.5, 0.6) is 0 Å². The van der Waals surface area contributed by atoms with Gasteiger partial charge in [-0.3, -0.25) is 9.59 Å². The van der Waals surface area contributed by atoms with Crippen LogP contribution in [0.25, 0.3) is 10.8 Å². The molecule has 0 aromatic heterocycles. The van der Waals surface area contributed by atoms with Crippen LogP contribution in [0.2, 0.25) is 0 Å². The minimum absolute atomic E-state index is 0.183. The molecular weight excluding hydrogens is 362 g/mol. The molecule has 0 aliphatic heterocycles. The number of nitrogens with two attached hydrogens (primary N) is 1. The third kappa shape index (κ3) is 2.63. The van der Waals surface area contributed by atoms with Crippen molar-refractivity contribution in [1.29, 1.82) is 0 Å². The second kappa shape index (κ2) is 6.49. The maximum Gasteiger partial charge on any atom is 0.196 e. The van der Waals surface area contributed by atoms with Crippen LogP contribution in [-0.4, -0.2) is 11.6 Å². The lowest BCUT2D eigenvalue weighted by Crippen LogP contribution is -2.20. The van der Waals surface area contributed by atoms with Gasteiger partial charge in [-0.25, -0.2) is 0 Å². The molecule has 2 N–H and O–H groups in total. The highest BCUT2D eigenvalue weighted by Crippen LogP contribution is 2.36. The average molecular weight is 377 g/mol. The molecule has 1 aliphatic rings. The summed E-state index contributed by atoms with van der Waals surface area (Å²) in [5.41, 5.74) is 8.93. The van der Waals surface area contributed by atoms with E-state index in [9.17, 15) is 9.59 Å². The van der Waals surface area contributed by atoms with Crippen LogP contribution in [0.4, 0.5) is 17.1 Å². The Kier molecular flexibility index (Phi) is 3.81. The maximum atomic E-state index is 13.1. The van der Waals surface area contributed by atoms with Crippen LogP contribution in [0, 0.1) is 0 Å². The number of anilines is 1. The molecule has 5 heteroatoms. The van der Waals surface area contributed by atoms with Gasteiger partial charge in [-0.15, -0.1) is 10.2 Å². The number of benzene rings is 4. The van der Waals surface area contributed by atoms with Gasteiger partial charge in [0.2, 0.25) is 0 Å². The lowest BCUT2D eigenvalue weighted by atomic mass is 9.83. The molecular formula is C24H15N3O2. The molecule has 0 atom stereocenters.